The Kier molecular flexibility index (Phi) is 3.19. The second kappa shape index (κ2) is 4.64. The molecule has 0 fully saturated rings. The molecule has 0 aliphatic carbocycles. The Morgan fingerprint density at radius 2 is 1.83 bits per heavy atom. The van der Waals surface area contributed by atoms with Crippen LogP contribution in [-0.4, -0.2) is 16.7 Å². The van der Waals surface area contributed by atoms with Crippen LogP contribution >= 0.6 is 0 Å². The van der Waals surface area contributed by atoms with Gasteiger partial charge >= 0.3 is 6.16 Å². The molecule has 0 bridgehead atoms. The molecule has 2 rings (SSSR count). The maximum absolute atomic E-state index is 11.5. The van der Waals surface area contributed by atoms with Crippen LogP contribution in [0.2, 0.25) is 0 Å². The van der Waals surface area contributed by atoms with E-state index in [4.69, 9.17) is 9.47 Å². The largest absolute Gasteiger partial charge is 0.515 e. The zero-order valence-electron chi connectivity index (χ0n) is 10.6. The first-order chi connectivity index (χ1) is 8.44. The zero-order chi connectivity index (χ0) is 13.2. The second-order valence-corrected chi connectivity index (χ2v) is 4.94. The van der Waals surface area contributed by atoms with Crippen molar-refractivity contribution < 1.29 is 14.3 Å². The molecule has 0 saturated carbocycles. The normalized spacial score (nSPS) is 11.3. The summed E-state index contributed by atoms with van der Waals surface area (Å²) in [6.07, 6.45) is 0.917. The molecule has 0 spiro atoms. The zero-order valence-corrected chi connectivity index (χ0v) is 10.6. The summed E-state index contributed by atoms with van der Waals surface area (Å²) in [5, 5.41) is 1.96. The van der Waals surface area contributed by atoms with Crippen LogP contribution in [0.5, 0.6) is 5.88 Å². The SMILES string of the molecule is CC(C)(C)OC(=O)Oc1cc2ccccc2cn1. The van der Waals surface area contributed by atoms with E-state index in [-0.39, 0.29) is 5.88 Å². The lowest BCUT2D eigenvalue weighted by Crippen LogP contribution is -2.26. The van der Waals surface area contributed by atoms with Gasteiger partial charge in [-0.1, -0.05) is 24.3 Å². The molecule has 0 atom stereocenters. The smallest absolute Gasteiger partial charge is 0.428 e. The molecule has 4 nitrogen and oxygen atoms in total. The summed E-state index contributed by atoms with van der Waals surface area (Å²) in [7, 11) is 0. The van der Waals surface area contributed by atoms with Gasteiger partial charge < -0.3 is 9.47 Å². The van der Waals surface area contributed by atoms with Gasteiger partial charge in [-0.3, -0.25) is 0 Å². The Bertz CT molecular complexity index is 573. The molecular weight excluding hydrogens is 230 g/mol. The maximum Gasteiger partial charge on any atom is 0.515 e. The molecule has 0 radical (unpaired) electrons. The number of carbonyl (C=O) groups is 1. The van der Waals surface area contributed by atoms with Crippen molar-refractivity contribution in [2.45, 2.75) is 26.4 Å². The van der Waals surface area contributed by atoms with Gasteiger partial charge in [-0.05, 0) is 26.2 Å². The molecule has 18 heavy (non-hydrogen) atoms. The van der Waals surface area contributed by atoms with Gasteiger partial charge in [0.15, 0.2) is 0 Å². The van der Waals surface area contributed by atoms with Crippen LogP contribution in [0.1, 0.15) is 20.8 Å². The Labute approximate surface area is 106 Å². The maximum atomic E-state index is 11.5. The van der Waals surface area contributed by atoms with Crippen molar-refractivity contribution in [1.29, 1.82) is 0 Å². The van der Waals surface area contributed by atoms with E-state index in [0.29, 0.717) is 0 Å². The number of benzene rings is 1. The molecule has 1 aromatic heterocycles. The van der Waals surface area contributed by atoms with Crippen LogP contribution in [0.15, 0.2) is 36.5 Å². The van der Waals surface area contributed by atoms with Gasteiger partial charge in [0.25, 0.3) is 0 Å². The summed E-state index contributed by atoms with van der Waals surface area (Å²) in [6, 6.07) is 9.43. The van der Waals surface area contributed by atoms with Crippen LogP contribution in [0.4, 0.5) is 4.79 Å². The number of ether oxygens (including phenoxy) is 2. The van der Waals surface area contributed by atoms with Crippen molar-refractivity contribution in [3.05, 3.63) is 36.5 Å². The van der Waals surface area contributed by atoms with Gasteiger partial charge in [-0.2, -0.15) is 0 Å². The Hall–Kier alpha value is -2.10. The molecule has 1 heterocycles. The van der Waals surface area contributed by atoms with Crippen LogP contribution < -0.4 is 4.74 Å². The molecule has 0 aliphatic rings. The van der Waals surface area contributed by atoms with Crippen molar-refractivity contribution in [2.24, 2.45) is 0 Å². The van der Waals surface area contributed by atoms with E-state index in [0.717, 1.165) is 10.8 Å². The molecule has 0 N–H and O–H groups in total. The fourth-order valence-corrected chi connectivity index (χ4v) is 1.48. The number of nitrogens with zero attached hydrogens (tertiary/aromatic N) is 1. The average molecular weight is 245 g/mol. The lowest BCUT2D eigenvalue weighted by atomic mass is 10.2. The number of hydrogen-bond donors (Lipinski definition) is 0. The molecule has 0 unspecified atom stereocenters. The third-order valence-electron chi connectivity index (χ3n) is 2.18. The number of hydrogen-bond acceptors (Lipinski definition) is 4. The van der Waals surface area contributed by atoms with E-state index in [9.17, 15) is 4.79 Å². The van der Waals surface area contributed by atoms with Gasteiger partial charge in [0.2, 0.25) is 5.88 Å². The molecule has 4 heteroatoms. The van der Waals surface area contributed by atoms with Gasteiger partial charge in [0, 0.05) is 17.6 Å². The topological polar surface area (TPSA) is 48.4 Å². The van der Waals surface area contributed by atoms with Crippen LogP contribution in [-0.2, 0) is 4.74 Å². The fourth-order valence-electron chi connectivity index (χ4n) is 1.48. The number of pyridine rings is 1. The molecular formula is C14H15NO3. The fraction of sp³-hybridized carbons (Fsp3) is 0.286. The first-order valence-corrected chi connectivity index (χ1v) is 5.70. The molecule has 94 valence electrons. The van der Waals surface area contributed by atoms with Crippen molar-refractivity contribution in [3.8, 4) is 5.88 Å². The summed E-state index contributed by atoms with van der Waals surface area (Å²) in [5.41, 5.74) is -0.575. The van der Waals surface area contributed by atoms with Gasteiger partial charge in [0.05, 0.1) is 0 Å². The Morgan fingerprint density at radius 3 is 2.50 bits per heavy atom. The summed E-state index contributed by atoms with van der Waals surface area (Å²) in [5.74, 6) is 0.239. The van der Waals surface area contributed by atoms with E-state index in [1.54, 1.807) is 33.0 Å². The molecule has 0 aliphatic heterocycles. The summed E-state index contributed by atoms with van der Waals surface area (Å²) >= 11 is 0. The van der Waals surface area contributed by atoms with Crippen LogP contribution in [0.25, 0.3) is 10.8 Å². The van der Waals surface area contributed by atoms with Crippen LogP contribution in [0, 0.1) is 0 Å². The summed E-state index contributed by atoms with van der Waals surface area (Å²) < 4.78 is 10.1. The average Bonchev–Trinajstić information content (AvgIpc) is 2.26. The van der Waals surface area contributed by atoms with Crippen LogP contribution in [0.3, 0.4) is 0 Å². The van der Waals surface area contributed by atoms with Gasteiger partial charge in [0.1, 0.15) is 5.60 Å². The summed E-state index contributed by atoms with van der Waals surface area (Å²) in [6.45, 7) is 5.34. The third-order valence-corrected chi connectivity index (χ3v) is 2.18. The highest BCUT2D eigenvalue weighted by Crippen LogP contribution is 2.18. The first kappa shape index (κ1) is 12.4. The van der Waals surface area contributed by atoms with Gasteiger partial charge in [-0.25, -0.2) is 9.78 Å². The van der Waals surface area contributed by atoms with Crippen molar-refractivity contribution in [1.82, 2.24) is 4.98 Å². The van der Waals surface area contributed by atoms with E-state index in [1.807, 2.05) is 24.3 Å². The first-order valence-electron chi connectivity index (χ1n) is 5.70. The number of fused-ring (bicyclic) bond motifs is 1. The number of aromatic nitrogens is 1. The van der Waals surface area contributed by atoms with E-state index < -0.39 is 11.8 Å². The second-order valence-electron chi connectivity index (χ2n) is 4.94. The molecule has 2 aromatic rings. The predicted molar refractivity (Wildman–Crippen MR) is 68.6 cm³/mol. The van der Waals surface area contributed by atoms with Crippen molar-refractivity contribution in [2.75, 3.05) is 0 Å². The minimum absolute atomic E-state index is 0.239. The third kappa shape index (κ3) is 3.20. The number of carbonyl (C=O) groups excluding carboxylic acids is 1. The predicted octanol–water partition coefficient (Wildman–Crippen LogP) is 3.55. The molecule has 0 amide bonds. The lowest BCUT2D eigenvalue weighted by molar-refractivity contribution is 0.0197. The number of rotatable bonds is 1. The summed E-state index contributed by atoms with van der Waals surface area (Å²) in [4.78, 5) is 15.5. The quantitative estimate of drug-likeness (QED) is 0.721. The van der Waals surface area contributed by atoms with Gasteiger partial charge in [-0.15, -0.1) is 0 Å². The molecule has 1 aromatic carbocycles. The minimum atomic E-state index is -0.745. The minimum Gasteiger partial charge on any atom is -0.428 e. The van der Waals surface area contributed by atoms with Crippen molar-refractivity contribution in [3.63, 3.8) is 0 Å². The van der Waals surface area contributed by atoms with E-state index >= 15 is 0 Å². The van der Waals surface area contributed by atoms with Crippen molar-refractivity contribution >= 4 is 16.9 Å². The highest BCUT2D eigenvalue weighted by Gasteiger charge is 2.18. The standard InChI is InChI=1S/C14H15NO3/c1-14(2,3)18-13(16)17-12-8-10-6-4-5-7-11(10)9-15-12/h4-9H,1-3H3. The van der Waals surface area contributed by atoms with E-state index in [1.165, 1.54) is 0 Å². The highest BCUT2D eigenvalue weighted by atomic mass is 16.7. The Morgan fingerprint density at radius 1 is 1.17 bits per heavy atom. The van der Waals surface area contributed by atoms with E-state index in [2.05, 4.69) is 4.98 Å². The lowest BCUT2D eigenvalue weighted by Gasteiger charge is -2.18. The highest BCUT2D eigenvalue weighted by molar-refractivity contribution is 5.82. The molecule has 0 saturated heterocycles. The Balaban J connectivity index is 2.15. The monoisotopic (exact) mass is 245 g/mol.